The highest BCUT2D eigenvalue weighted by molar-refractivity contribution is 7.79. The van der Waals surface area contributed by atoms with Crippen molar-refractivity contribution >= 4 is 45.2 Å². The van der Waals surface area contributed by atoms with Gasteiger partial charge in [-0.3, -0.25) is 9.11 Å². The van der Waals surface area contributed by atoms with Crippen molar-refractivity contribution in [2.24, 2.45) is 5.73 Å². The Bertz CT molecular complexity index is 199. The molecule has 0 aliphatic heterocycles. The lowest BCUT2D eigenvalue weighted by molar-refractivity contribution is 0.381. The second-order valence-corrected chi connectivity index (χ2v) is 3.91. The standard InChI is InChI=1S/C4H8Cl3N.H2O4S/c5-1-4(8,2-6)3-7;1-5(2,3)4/h1-3,8H2;(H2,1,2,3,4). The molecule has 5 nitrogen and oxygen atoms in total. The van der Waals surface area contributed by atoms with E-state index in [1.165, 1.54) is 0 Å². The van der Waals surface area contributed by atoms with E-state index in [9.17, 15) is 0 Å². The first kappa shape index (κ1) is 16.1. The molecule has 13 heavy (non-hydrogen) atoms. The Morgan fingerprint density at radius 3 is 1.23 bits per heavy atom. The summed E-state index contributed by atoms with van der Waals surface area (Å²) in [6.07, 6.45) is 0. The lowest BCUT2D eigenvalue weighted by Gasteiger charge is -2.19. The van der Waals surface area contributed by atoms with E-state index in [1.807, 2.05) is 0 Å². The van der Waals surface area contributed by atoms with Gasteiger partial charge in [-0.25, -0.2) is 0 Å². The molecule has 0 aromatic heterocycles. The minimum absolute atomic E-state index is 0.306. The molecule has 0 rings (SSSR count). The van der Waals surface area contributed by atoms with Gasteiger partial charge in [-0.1, -0.05) is 0 Å². The predicted octanol–water partition coefficient (Wildman–Crippen LogP) is 0.747. The maximum Gasteiger partial charge on any atom is 0.394 e. The second-order valence-electron chi connectivity index (χ2n) is 2.21. The van der Waals surface area contributed by atoms with Crippen LogP contribution in [0.2, 0.25) is 0 Å². The Hall–Kier alpha value is 0.700. The van der Waals surface area contributed by atoms with Crippen LogP contribution in [0.25, 0.3) is 0 Å². The summed E-state index contributed by atoms with van der Waals surface area (Å²) in [5.74, 6) is 0.917. The van der Waals surface area contributed by atoms with E-state index in [2.05, 4.69) is 0 Å². The van der Waals surface area contributed by atoms with E-state index in [0.29, 0.717) is 17.6 Å². The minimum atomic E-state index is -4.67. The summed E-state index contributed by atoms with van der Waals surface area (Å²) in [5.41, 5.74) is 4.92. The van der Waals surface area contributed by atoms with E-state index in [1.54, 1.807) is 0 Å². The van der Waals surface area contributed by atoms with Crippen molar-refractivity contribution in [1.29, 1.82) is 0 Å². The third-order valence-corrected chi connectivity index (χ3v) is 2.40. The lowest BCUT2D eigenvalue weighted by Crippen LogP contribution is -2.45. The van der Waals surface area contributed by atoms with Crippen LogP contribution in [0.4, 0.5) is 0 Å². The molecular formula is C4H10Cl3NO4S. The largest absolute Gasteiger partial charge is 0.394 e. The van der Waals surface area contributed by atoms with Crippen molar-refractivity contribution in [3.8, 4) is 0 Å². The molecule has 0 amide bonds. The highest BCUT2D eigenvalue weighted by atomic mass is 35.5. The van der Waals surface area contributed by atoms with Crippen molar-refractivity contribution in [3.63, 3.8) is 0 Å². The van der Waals surface area contributed by atoms with Crippen molar-refractivity contribution in [1.82, 2.24) is 0 Å². The molecule has 0 saturated carbocycles. The van der Waals surface area contributed by atoms with Crippen molar-refractivity contribution in [2.75, 3.05) is 17.6 Å². The maximum absolute atomic E-state index is 8.74. The molecule has 0 saturated heterocycles. The van der Waals surface area contributed by atoms with Gasteiger partial charge in [0.05, 0.1) is 5.54 Å². The summed E-state index contributed by atoms with van der Waals surface area (Å²) >= 11 is 16.2. The van der Waals surface area contributed by atoms with Crippen LogP contribution >= 0.6 is 34.8 Å². The van der Waals surface area contributed by atoms with Gasteiger partial charge in [-0.05, 0) is 0 Å². The van der Waals surface area contributed by atoms with E-state index in [4.69, 9.17) is 58.1 Å². The topological polar surface area (TPSA) is 101 Å². The summed E-state index contributed by atoms with van der Waals surface area (Å²) in [6.45, 7) is 0. The van der Waals surface area contributed by atoms with Crippen LogP contribution in [-0.4, -0.2) is 40.7 Å². The van der Waals surface area contributed by atoms with Crippen LogP contribution in [-0.2, 0) is 10.4 Å². The monoisotopic (exact) mass is 273 g/mol. The Morgan fingerprint density at radius 2 is 1.23 bits per heavy atom. The summed E-state index contributed by atoms with van der Waals surface area (Å²) in [4.78, 5) is 0. The molecule has 0 atom stereocenters. The fourth-order valence-electron chi connectivity index (χ4n) is 0.107. The fourth-order valence-corrected chi connectivity index (χ4v) is 0.964. The quantitative estimate of drug-likeness (QED) is 0.521. The number of nitrogens with two attached hydrogens (primary N) is 1. The van der Waals surface area contributed by atoms with Crippen LogP contribution in [0.1, 0.15) is 0 Å². The van der Waals surface area contributed by atoms with Gasteiger partial charge in [0.1, 0.15) is 0 Å². The summed E-state index contributed by atoms with van der Waals surface area (Å²) in [5, 5.41) is 0. The zero-order chi connectivity index (χ0) is 11.1. The Labute approximate surface area is 91.7 Å². The average Bonchev–Trinajstić information content (AvgIpc) is 2.00. The molecule has 9 heteroatoms. The molecule has 0 spiro atoms. The summed E-state index contributed by atoms with van der Waals surface area (Å²) in [7, 11) is -4.67. The van der Waals surface area contributed by atoms with Crippen LogP contribution in [0.15, 0.2) is 0 Å². The zero-order valence-corrected chi connectivity index (χ0v) is 9.54. The maximum atomic E-state index is 8.74. The Kier molecular flexibility index (Phi) is 8.76. The third-order valence-electron chi connectivity index (χ3n) is 0.798. The number of alkyl halides is 3. The molecule has 0 aromatic rings. The van der Waals surface area contributed by atoms with Gasteiger partial charge in [0.25, 0.3) is 0 Å². The molecule has 0 aromatic carbocycles. The van der Waals surface area contributed by atoms with Crippen molar-refractivity contribution in [2.45, 2.75) is 5.54 Å². The van der Waals surface area contributed by atoms with Crippen LogP contribution in [0.5, 0.6) is 0 Å². The minimum Gasteiger partial charge on any atom is -0.322 e. The molecule has 82 valence electrons. The first-order valence-electron chi connectivity index (χ1n) is 2.85. The van der Waals surface area contributed by atoms with Gasteiger partial charge in [-0.15, -0.1) is 34.8 Å². The molecule has 0 aliphatic rings. The van der Waals surface area contributed by atoms with E-state index in [0.717, 1.165) is 0 Å². The van der Waals surface area contributed by atoms with Crippen molar-refractivity contribution < 1.29 is 17.5 Å². The lowest BCUT2D eigenvalue weighted by atomic mass is 10.1. The van der Waals surface area contributed by atoms with E-state index in [-0.39, 0.29) is 0 Å². The van der Waals surface area contributed by atoms with Gasteiger partial charge in [0.2, 0.25) is 0 Å². The van der Waals surface area contributed by atoms with Crippen LogP contribution in [0.3, 0.4) is 0 Å². The second kappa shape index (κ2) is 7.05. The molecule has 0 radical (unpaired) electrons. The van der Waals surface area contributed by atoms with E-state index >= 15 is 0 Å². The molecular weight excluding hydrogens is 264 g/mol. The summed E-state index contributed by atoms with van der Waals surface area (Å²) in [6, 6.07) is 0. The number of hydrogen-bond donors (Lipinski definition) is 3. The summed E-state index contributed by atoms with van der Waals surface area (Å²) < 4.78 is 31.6. The number of hydrogen-bond acceptors (Lipinski definition) is 3. The third kappa shape index (κ3) is 15.5. The van der Waals surface area contributed by atoms with Crippen molar-refractivity contribution in [3.05, 3.63) is 0 Å². The smallest absolute Gasteiger partial charge is 0.322 e. The van der Waals surface area contributed by atoms with Gasteiger partial charge in [0.15, 0.2) is 0 Å². The highest BCUT2D eigenvalue weighted by Gasteiger charge is 2.20. The Balaban J connectivity index is 0. The Morgan fingerprint density at radius 1 is 1.08 bits per heavy atom. The highest BCUT2D eigenvalue weighted by Crippen LogP contribution is 2.07. The molecule has 0 unspecified atom stereocenters. The zero-order valence-electron chi connectivity index (χ0n) is 6.45. The first-order chi connectivity index (χ1) is 5.68. The van der Waals surface area contributed by atoms with Gasteiger partial charge < -0.3 is 5.73 Å². The molecule has 0 heterocycles. The van der Waals surface area contributed by atoms with Gasteiger partial charge in [-0.2, -0.15) is 8.42 Å². The number of halogens is 3. The normalized spacial score (nSPS) is 11.8. The molecule has 0 fully saturated rings. The van der Waals surface area contributed by atoms with E-state index < -0.39 is 15.9 Å². The van der Waals surface area contributed by atoms with Gasteiger partial charge >= 0.3 is 10.4 Å². The SMILES string of the molecule is NC(CCl)(CCl)CCl.O=S(=O)(O)O. The van der Waals surface area contributed by atoms with Crippen LogP contribution < -0.4 is 5.73 Å². The molecule has 4 N–H and O–H groups in total. The molecule has 0 aliphatic carbocycles. The fraction of sp³-hybridized carbons (Fsp3) is 1.00. The predicted molar refractivity (Wildman–Crippen MR) is 53.3 cm³/mol. The van der Waals surface area contributed by atoms with Crippen LogP contribution in [0, 0.1) is 0 Å². The first-order valence-corrected chi connectivity index (χ1v) is 5.85. The average molecular weight is 275 g/mol. The number of rotatable bonds is 3. The molecule has 0 bridgehead atoms. The van der Waals surface area contributed by atoms with Gasteiger partial charge in [0, 0.05) is 17.6 Å².